The van der Waals surface area contributed by atoms with Crippen LogP contribution in [0.25, 0.3) is 0 Å². The Kier molecular flexibility index (Phi) is 6.50. The molecule has 1 saturated heterocycles. The minimum atomic E-state index is 0.0133. The molecular weight excluding hydrogens is 342 g/mol. The molecule has 1 amide bonds. The van der Waals surface area contributed by atoms with Crippen molar-refractivity contribution in [1.29, 1.82) is 0 Å². The first-order chi connectivity index (χ1) is 13.1. The topological polar surface area (TPSA) is 68.8 Å². The summed E-state index contributed by atoms with van der Waals surface area (Å²) in [5.41, 5.74) is 2.92. The van der Waals surface area contributed by atoms with Gasteiger partial charge in [-0.1, -0.05) is 5.16 Å². The highest BCUT2D eigenvalue weighted by Gasteiger charge is 2.27. The van der Waals surface area contributed by atoms with E-state index in [1.165, 1.54) is 24.8 Å². The molecule has 1 aromatic heterocycles. The average Bonchev–Trinajstić information content (AvgIpc) is 3.01. The Morgan fingerprint density at radius 2 is 1.93 bits per heavy atom. The molecule has 1 atom stereocenters. The van der Waals surface area contributed by atoms with Gasteiger partial charge in [0.15, 0.2) is 0 Å². The number of rotatable bonds is 7. The fraction of sp³-hybridized carbons (Fsp3) is 0.524. The fourth-order valence-corrected chi connectivity index (χ4v) is 3.88. The van der Waals surface area contributed by atoms with Crippen molar-refractivity contribution in [2.24, 2.45) is 0 Å². The lowest BCUT2D eigenvalue weighted by atomic mass is 10.0. The van der Waals surface area contributed by atoms with Gasteiger partial charge in [-0.05, 0) is 57.4 Å². The van der Waals surface area contributed by atoms with E-state index < -0.39 is 0 Å². The highest BCUT2D eigenvalue weighted by atomic mass is 16.5. The van der Waals surface area contributed by atoms with Gasteiger partial charge in [0.05, 0.1) is 38.9 Å². The number of ether oxygens (including phenoxy) is 1. The van der Waals surface area contributed by atoms with Crippen LogP contribution in [0.2, 0.25) is 0 Å². The molecule has 1 fully saturated rings. The third-order valence-corrected chi connectivity index (χ3v) is 5.53. The van der Waals surface area contributed by atoms with E-state index in [-0.39, 0.29) is 11.9 Å². The number of methoxy groups -OCH3 is 1. The van der Waals surface area contributed by atoms with Crippen molar-refractivity contribution in [2.75, 3.05) is 26.7 Å². The molecule has 27 heavy (non-hydrogen) atoms. The Morgan fingerprint density at radius 3 is 2.52 bits per heavy atom. The zero-order valence-corrected chi connectivity index (χ0v) is 16.5. The molecule has 0 spiro atoms. The number of amides is 1. The van der Waals surface area contributed by atoms with Crippen LogP contribution in [0.5, 0.6) is 5.75 Å². The van der Waals surface area contributed by atoms with Gasteiger partial charge in [0.25, 0.3) is 0 Å². The molecule has 2 aromatic rings. The summed E-state index contributed by atoms with van der Waals surface area (Å²) in [6.07, 6.45) is 4.10. The number of nitrogens with zero attached hydrogens (tertiary/aromatic N) is 1. The van der Waals surface area contributed by atoms with Gasteiger partial charge in [-0.3, -0.25) is 4.79 Å². The molecule has 1 aromatic carbocycles. The first kappa shape index (κ1) is 19.4. The van der Waals surface area contributed by atoms with Crippen LogP contribution in [-0.4, -0.2) is 37.8 Å². The zero-order chi connectivity index (χ0) is 19.2. The number of benzene rings is 1. The number of carbonyl (C=O) groups excluding carboxylic acids is 1. The zero-order valence-electron chi connectivity index (χ0n) is 16.5. The number of nitrogens with one attached hydrogen (secondary N) is 2. The number of aromatic nitrogens is 1. The van der Waals surface area contributed by atoms with E-state index in [2.05, 4.69) is 22.6 Å². The molecule has 0 unspecified atom stereocenters. The van der Waals surface area contributed by atoms with Crippen LogP contribution in [0.1, 0.15) is 47.9 Å². The largest absolute Gasteiger partial charge is 0.497 e. The van der Waals surface area contributed by atoms with Crippen molar-refractivity contribution in [3.05, 3.63) is 46.8 Å². The molecule has 0 saturated carbocycles. The van der Waals surface area contributed by atoms with Gasteiger partial charge in [-0.25, -0.2) is 0 Å². The molecule has 2 heterocycles. The van der Waals surface area contributed by atoms with Gasteiger partial charge >= 0.3 is 0 Å². The third-order valence-electron chi connectivity index (χ3n) is 5.53. The van der Waals surface area contributed by atoms with Crippen LogP contribution in [0.15, 0.2) is 28.8 Å². The minimum absolute atomic E-state index is 0.0133. The maximum Gasteiger partial charge on any atom is 0.224 e. The summed E-state index contributed by atoms with van der Waals surface area (Å²) in [4.78, 5) is 14.1. The van der Waals surface area contributed by atoms with E-state index in [4.69, 9.17) is 9.26 Å². The van der Waals surface area contributed by atoms with Crippen LogP contribution >= 0.6 is 0 Å². The van der Waals surface area contributed by atoms with E-state index in [0.717, 1.165) is 35.9 Å². The van der Waals surface area contributed by atoms with Crippen LogP contribution < -0.4 is 15.0 Å². The summed E-state index contributed by atoms with van der Waals surface area (Å²) in [6, 6.07) is 8.48. The summed E-state index contributed by atoms with van der Waals surface area (Å²) < 4.78 is 10.4. The highest BCUT2D eigenvalue weighted by molar-refractivity contribution is 5.79. The Morgan fingerprint density at radius 1 is 1.22 bits per heavy atom. The predicted molar refractivity (Wildman–Crippen MR) is 103 cm³/mol. The number of hydrogen-bond donors (Lipinski definition) is 2. The molecule has 2 N–H and O–H groups in total. The van der Waals surface area contributed by atoms with E-state index in [1.54, 1.807) is 12.0 Å². The molecule has 6 nitrogen and oxygen atoms in total. The number of hydrogen-bond acceptors (Lipinski definition) is 4. The molecule has 3 rings (SSSR count). The number of quaternary nitrogens is 1. The SMILES string of the molecule is COc1ccc([C@H](CNC(=O)Cc2c(C)noc2C)[NH+]2CCCCC2)cc1. The molecule has 146 valence electrons. The number of aryl methyl sites for hydroxylation is 2. The third kappa shape index (κ3) is 4.89. The summed E-state index contributed by atoms with van der Waals surface area (Å²) in [5, 5.41) is 7.07. The van der Waals surface area contributed by atoms with Crippen LogP contribution in [0.4, 0.5) is 0 Å². The van der Waals surface area contributed by atoms with Gasteiger partial charge in [0.2, 0.25) is 5.91 Å². The lowest BCUT2D eigenvalue weighted by Crippen LogP contribution is -3.13. The molecule has 1 aliphatic heterocycles. The van der Waals surface area contributed by atoms with Crippen molar-refractivity contribution < 1.29 is 19.0 Å². The number of carbonyl (C=O) groups is 1. The van der Waals surface area contributed by atoms with E-state index in [1.807, 2.05) is 26.0 Å². The molecular formula is C21H30N3O3+. The Balaban J connectivity index is 1.67. The number of likely N-dealkylation sites (tertiary alicyclic amines) is 1. The predicted octanol–water partition coefficient (Wildman–Crippen LogP) is 1.77. The van der Waals surface area contributed by atoms with Gasteiger partial charge in [0, 0.05) is 11.1 Å². The van der Waals surface area contributed by atoms with Crippen LogP contribution in [0, 0.1) is 13.8 Å². The average molecular weight is 372 g/mol. The van der Waals surface area contributed by atoms with Gasteiger partial charge in [-0.2, -0.15) is 0 Å². The standard InChI is InChI=1S/C21H29N3O3/c1-15-19(16(2)27-23-15)13-21(25)22-14-20(24-11-5-4-6-12-24)17-7-9-18(26-3)10-8-17/h7-10,20H,4-6,11-14H2,1-3H3,(H,22,25)/p+1/t20-/m0/s1. The normalized spacial score (nSPS) is 16.1. The first-order valence-corrected chi connectivity index (χ1v) is 9.75. The van der Waals surface area contributed by atoms with E-state index >= 15 is 0 Å². The van der Waals surface area contributed by atoms with Crippen molar-refractivity contribution >= 4 is 5.91 Å². The molecule has 0 bridgehead atoms. The smallest absolute Gasteiger partial charge is 0.224 e. The molecule has 0 radical (unpaired) electrons. The molecule has 1 aliphatic rings. The maximum absolute atomic E-state index is 12.5. The Bertz CT molecular complexity index is 729. The van der Waals surface area contributed by atoms with E-state index in [9.17, 15) is 4.79 Å². The van der Waals surface area contributed by atoms with Crippen molar-refractivity contribution in [3.8, 4) is 5.75 Å². The first-order valence-electron chi connectivity index (χ1n) is 9.75. The highest BCUT2D eigenvalue weighted by Crippen LogP contribution is 2.17. The maximum atomic E-state index is 12.5. The molecule has 0 aliphatic carbocycles. The van der Waals surface area contributed by atoms with Crippen LogP contribution in [0.3, 0.4) is 0 Å². The monoisotopic (exact) mass is 372 g/mol. The summed E-state index contributed by atoms with van der Waals surface area (Å²) in [5.74, 6) is 1.59. The van der Waals surface area contributed by atoms with Gasteiger partial charge in [0.1, 0.15) is 17.6 Å². The summed E-state index contributed by atoms with van der Waals surface area (Å²) >= 11 is 0. The number of piperidine rings is 1. The Hall–Kier alpha value is -2.34. The van der Waals surface area contributed by atoms with E-state index in [0.29, 0.717) is 13.0 Å². The second kappa shape index (κ2) is 9.04. The summed E-state index contributed by atoms with van der Waals surface area (Å²) in [6.45, 7) is 6.65. The second-order valence-corrected chi connectivity index (χ2v) is 7.33. The van der Waals surface area contributed by atoms with Crippen molar-refractivity contribution in [1.82, 2.24) is 10.5 Å². The van der Waals surface area contributed by atoms with Gasteiger partial charge < -0.3 is 19.5 Å². The van der Waals surface area contributed by atoms with Gasteiger partial charge in [-0.15, -0.1) is 0 Å². The lowest BCUT2D eigenvalue weighted by Gasteiger charge is -2.32. The van der Waals surface area contributed by atoms with Crippen LogP contribution in [-0.2, 0) is 11.2 Å². The molecule has 6 heteroatoms. The second-order valence-electron chi connectivity index (χ2n) is 7.33. The van der Waals surface area contributed by atoms with Crippen molar-refractivity contribution in [2.45, 2.75) is 45.6 Å². The minimum Gasteiger partial charge on any atom is -0.497 e. The Labute approximate surface area is 160 Å². The van der Waals surface area contributed by atoms with Crippen molar-refractivity contribution in [3.63, 3.8) is 0 Å². The summed E-state index contributed by atoms with van der Waals surface area (Å²) in [7, 11) is 1.68. The lowest BCUT2D eigenvalue weighted by molar-refractivity contribution is -0.935. The quantitative estimate of drug-likeness (QED) is 0.777. The fourth-order valence-electron chi connectivity index (χ4n) is 3.88.